The van der Waals surface area contributed by atoms with Crippen molar-refractivity contribution in [1.82, 2.24) is 4.90 Å². The summed E-state index contributed by atoms with van der Waals surface area (Å²) in [6.07, 6.45) is 1.97. The number of benzene rings is 2. The SMILES string of the molecule is CN(C)Cc1ccccc1NC1CCc2c(O)cccc21. The molecule has 1 aliphatic carbocycles. The minimum absolute atomic E-state index is 0.287. The predicted octanol–water partition coefficient (Wildman–Crippen LogP) is 3.55. The van der Waals surface area contributed by atoms with Gasteiger partial charge in [-0.25, -0.2) is 0 Å². The van der Waals surface area contributed by atoms with E-state index >= 15 is 0 Å². The molecule has 0 radical (unpaired) electrons. The van der Waals surface area contributed by atoms with Crippen molar-refractivity contribution in [2.45, 2.75) is 25.4 Å². The van der Waals surface area contributed by atoms with Crippen LogP contribution in [0.1, 0.15) is 29.2 Å². The van der Waals surface area contributed by atoms with Crippen LogP contribution in [0.25, 0.3) is 0 Å². The summed E-state index contributed by atoms with van der Waals surface area (Å²) < 4.78 is 0. The molecule has 0 saturated carbocycles. The topological polar surface area (TPSA) is 35.5 Å². The fourth-order valence-electron chi connectivity index (χ4n) is 3.11. The van der Waals surface area contributed by atoms with E-state index in [2.05, 4.69) is 54.6 Å². The van der Waals surface area contributed by atoms with Crippen LogP contribution in [0.15, 0.2) is 42.5 Å². The molecule has 1 atom stereocenters. The molecule has 0 aliphatic heterocycles. The molecule has 1 aliphatic rings. The molecule has 0 fully saturated rings. The summed E-state index contributed by atoms with van der Waals surface area (Å²) in [6, 6.07) is 14.6. The average Bonchev–Trinajstić information content (AvgIpc) is 2.85. The van der Waals surface area contributed by atoms with E-state index in [0.717, 1.165) is 24.9 Å². The van der Waals surface area contributed by atoms with E-state index < -0.39 is 0 Å². The number of nitrogens with one attached hydrogen (secondary N) is 1. The Kier molecular flexibility index (Phi) is 3.84. The van der Waals surface area contributed by atoms with Crippen LogP contribution in [0.2, 0.25) is 0 Å². The van der Waals surface area contributed by atoms with Crippen molar-refractivity contribution < 1.29 is 5.11 Å². The van der Waals surface area contributed by atoms with Crippen LogP contribution in [-0.2, 0) is 13.0 Å². The summed E-state index contributed by atoms with van der Waals surface area (Å²) in [6.45, 7) is 0.919. The number of phenolic OH excluding ortho intramolecular Hbond substituents is 1. The van der Waals surface area contributed by atoms with Gasteiger partial charge in [-0.15, -0.1) is 0 Å². The summed E-state index contributed by atoms with van der Waals surface area (Å²) >= 11 is 0. The van der Waals surface area contributed by atoms with Crippen molar-refractivity contribution in [3.63, 3.8) is 0 Å². The van der Waals surface area contributed by atoms with E-state index in [1.165, 1.54) is 16.8 Å². The van der Waals surface area contributed by atoms with Crippen molar-refractivity contribution >= 4 is 5.69 Å². The Hall–Kier alpha value is -2.00. The molecule has 0 heterocycles. The van der Waals surface area contributed by atoms with Gasteiger partial charge in [0.1, 0.15) is 5.75 Å². The third kappa shape index (κ3) is 2.88. The smallest absolute Gasteiger partial charge is 0.119 e. The van der Waals surface area contributed by atoms with E-state index in [9.17, 15) is 5.11 Å². The van der Waals surface area contributed by atoms with Crippen LogP contribution in [-0.4, -0.2) is 24.1 Å². The van der Waals surface area contributed by atoms with Crippen molar-refractivity contribution in [3.05, 3.63) is 59.2 Å². The lowest BCUT2D eigenvalue weighted by atomic mass is 10.1. The number of para-hydroxylation sites is 1. The number of hydrogen-bond donors (Lipinski definition) is 2. The summed E-state index contributed by atoms with van der Waals surface area (Å²) in [4.78, 5) is 2.18. The Bertz CT molecular complexity index is 637. The minimum atomic E-state index is 0.287. The zero-order valence-corrected chi connectivity index (χ0v) is 12.6. The van der Waals surface area contributed by atoms with Crippen LogP contribution >= 0.6 is 0 Å². The van der Waals surface area contributed by atoms with Gasteiger partial charge in [0.2, 0.25) is 0 Å². The van der Waals surface area contributed by atoms with Crippen LogP contribution in [0.4, 0.5) is 5.69 Å². The van der Waals surface area contributed by atoms with Crippen molar-refractivity contribution in [2.24, 2.45) is 0 Å². The van der Waals surface area contributed by atoms with Crippen LogP contribution in [0.5, 0.6) is 5.75 Å². The van der Waals surface area contributed by atoms with Gasteiger partial charge in [0, 0.05) is 12.2 Å². The van der Waals surface area contributed by atoms with E-state index in [4.69, 9.17) is 0 Å². The lowest BCUT2D eigenvalue weighted by Gasteiger charge is -2.20. The van der Waals surface area contributed by atoms with Crippen molar-refractivity contribution in [1.29, 1.82) is 0 Å². The van der Waals surface area contributed by atoms with Crippen molar-refractivity contribution in [3.8, 4) is 5.75 Å². The summed E-state index contributed by atoms with van der Waals surface area (Å²) in [5.74, 6) is 0.429. The first-order valence-corrected chi connectivity index (χ1v) is 7.45. The molecule has 2 aromatic rings. The third-order valence-corrected chi connectivity index (χ3v) is 4.08. The van der Waals surface area contributed by atoms with Gasteiger partial charge in [0.05, 0.1) is 6.04 Å². The molecule has 2 N–H and O–H groups in total. The van der Waals surface area contributed by atoms with Gasteiger partial charge < -0.3 is 15.3 Å². The number of anilines is 1. The molecule has 21 heavy (non-hydrogen) atoms. The summed E-state index contributed by atoms with van der Waals surface area (Å²) in [7, 11) is 4.17. The van der Waals surface area contributed by atoms with Gasteiger partial charge in [-0.2, -0.15) is 0 Å². The number of hydrogen-bond acceptors (Lipinski definition) is 3. The van der Waals surface area contributed by atoms with Gasteiger partial charge in [-0.3, -0.25) is 0 Å². The number of fused-ring (bicyclic) bond motifs is 1. The second-order valence-corrected chi connectivity index (χ2v) is 5.98. The van der Waals surface area contributed by atoms with Gasteiger partial charge in [0.15, 0.2) is 0 Å². The average molecular weight is 282 g/mol. The molecule has 0 saturated heterocycles. The quantitative estimate of drug-likeness (QED) is 0.900. The summed E-state index contributed by atoms with van der Waals surface area (Å²) in [5.41, 5.74) is 4.82. The van der Waals surface area contributed by atoms with Crippen LogP contribution in [0.3, 0.4) is 0 Å². The molecule has 0 spiro atoms. The first-order chi connectivity index (χ1) is 10.1. The van der Waals surface area contributed by atoms with Gasteiger partial charge >= 0.3 is 0 Å². The molecular weight excluding hydrogens is 260 g/mol. The molecule has 1 unspecified atom stereocenters. The number of aromatic hydroxyl groups is 1. The largest absolute Gasteiger partial charge is 0.508 e. The Morgan fingerprint density at radius 2 is 1.95 bits per heavy atom. The van der Waals surface area contributed by atoms with E-state index in [0.29, 0.717) is 5.75 Å². The second-order valence-electron chi connectivity index (χ2n) is 5.98. The lowest BCUT2D eigenvalue weighted by Crippen LogP contribution is -2.14. The Morgan fingerprint density at radius 1 is 1.14 bits per heavy atom. The second kappa shape index (κ2) is 5.78. The number of nitrogens with zero attached hydrogens (tertiary/aromatic N) is 1. The number of rotatable bonds is 4. The van der Waals surface area contributed by atoms with E-state index in [1.54, 1.807) is 6.07 Å². The fraction of sp³-hybridized carbons (Fsp3) is 0.333. The van der Waals surface area contributed by atoms with Crippen LogP contribution in [0, 0.1) is 0 Å². The van der Waals surface area contributed by atoms with Crippen molar-refractivity contribution in [2.75, 3.05) is 19.4 Å². The molecule has 3 nitrogen and oxygen atoms in total. The highest BCUT2D eigenvalue weighted by Gasteiger charge is 2.24. The van der Waals surface area contributed by atoms with Gasteiger partial charge in [-0.05, 0) is 55.8 Å². The minimum Gasteiger partial charge on any atom is -0.508 e. The molecule has 0 aromatic heterocycles. The molecule has 110 valence electrons. The first kappa shape index (κ1) is 14.0. The third-order valence-electron chi connectivity index (χ3n) is 4.08. The molecule has 3 heteroatoms. The summed E-state index contributed by atoms with van der Waals surface area (Å²) in [5, 5.41) is 13.6. The monoisotopic (exact) mass is 282 g/mol. The zero-order chi connectivity index (χ0) is 14.8. The lowest BCUT2D eigenvalue weighted by molar-refractivity contribution is 0.403. The Labute approximate surface area is 126 Å². The zero-order valence-electron chi connectivity index (χ0n) is 12.6. The van der Waals surface area contributed by atoms with Gasteiger partial charge in [0.25, 0.3) is 0 Å². The van der Waals surface area contributed by atoms with Gasteiger partial charge in [-0.1, -0.05) is 30.3 Å². The molecule has 0 amide bonds. The van der Waals surface area contributed by atoms with E-state index in [1.807, 2.05) is 6.07 Å². The maximum Gasteiger partial charge on any atom is 0.119 e. The number of phenols is 1. The predicted molar refractivity (Wildman–Crippen MR) is 86.6 cm³/mol. The molecule has 0 bridgehead atoms. The Morgan fingerprint density at radius 3 is 2.76 bits per heavy atom. The molecular formula is C18H22N2O. The maximum atomic E-state index is 9.95. The fourth-order valence-corrected chi connectivity index (χ4v) is 3.11. The van der Waals surface area contributed by atoms with Crippen LogP contribution < -0.4 is 5.32 Å². The highest BCUT2D eigenvalue weighted by molar-refractivity contribution is 5.55. The highest BCUT2D eigenvalue weighted by atomic mass is 16.3. The normalized spacial score (nSPS) is 17.0. The Balaban J connectivity index is 1.85. The maximum absolute atomic E-state index is 9.95. The highest BCUT2D eigenvalue weighted by Crippen LogP contribution is 2.38. The molecule has 3 rings (SSSR count). The standard InChI is InChI=1S/C18H22N2O/c1-20(2)12-13-6-3-4-8-16(13)19-17-11-10-15-14(17)7-5-9-18(15)21/h3-9,17,19,21H,10-12H2,1-2H3. The molecule has 2 aromatic carbocycles. The first-order valence-electron chi connectivity index (χ1n) is 7.45. The van der Waals surface area contributed by atoms with E-state index in [-0.39, 0.29) is 6.04 Å².